The molecule has 3 N–H and O–H groups in total. The highest BCUT2D eigenvalue weighted by Gasteiger charge is 2.38. The van der Waals surface area contributed by atoms with E-state index < -0.39 is 17.3 Å². The van der Waals surface area contributed by atoms with Gasteiger partial charge in [0.05, 0.1) is 10.0 Å². The van der Waals surface area contributed by atoms with Gasteiger partial charge in [-0.3, -0.25) is 4.79 Å². The number of rotatable bonds is 3. The van der Waals surface area contributed by atoms with Crippen molar-refractivity contribution in [3.8, 4) is 0 Å². The van der Waals surface area contributed by atoms with Gasteiger partial charge in [-0.15, -0.1) is 0 Å². The van der Waals surface area contributed by atoms with Gasteiger partial charge < -0.3 is 10.8 Å². The van der Waals surface area contributed by atoms with Crippen LogP contribution in [-0.2, 0) is 4.79 Å². The highest BCUT2D eigenvalue weighted by Crippen LogP contribution is 2.27. The van der Waals surface area contributed by atoms with Crippen LogP contribution in [0.5, 0.6) is 0 Å². The smallest absolute Gasteiger partial charge is 0.331 e. The predicted molar refractivity (Wildman–Crippen MR) is 61.0 cm³/mol. The third-order valence-electron chi connectivity index (χ3n) is 2.11. The molecule has 1 rings (SSSR count). The quantitative estimate of drug-likeness (QED) is 0.644. The maximum atomic E-state index is 11.8. The molecule has 16 heavy (non-hydrogen) atoms. The van der Waals surface area contributed by atoms with Crippen molar-refractivity contribution in [3.05, 3.63) is 33.8 Å². The minimum atomic E-state index is -2.02. The summed E-state index contributed by atoms with van der Waals surface area (Å²) in [5.41, 5.74) is 3.39. The molecule has 0 amide bonds. The standard InChI is InChI=1S/C10H9Cl2NO3/c1-10(13,9(15)16)8(14)5-3-2-4-6(11)7(5)12/h2-4H,13H2,1H3,(H,15,16). The lowest BCUT2D eigenvalue weighted by Crippen LogP contribution is -2.52. The largest absolute Gasteiger partial charge is 0.480 e. The average Bonchev–Trinajstić information content (AvgIpc) is 2.21. The van der Waals surface area contributed by atoms with Crippen molar-refractivity contribution in [3.63, 3.8) is 0 Å². The van der Waals surface area contributed by atoms with E-state index in [-0.39, 0.29) is 15.6 Å². The van der Waals surface area contributed by atoms with Crippen LogP contribution in [-0.4, -0.2) is 22.4 Å². The van der Waals surface area contributed by atoms with Gasteiger partial charge in [-0.05, 0) is 19.1 Å². The Bertz CT molecular complexity index is 457. The molecule has 1 atom stereocenters. The lowest BCUT2D eigenvalue weighted by atomic mass is 9.92. The van der Waals surface area contributed by atoms with Crippen LogP contribution in [0.1, 0.15) is 17.3 Å². The summed E-state index contributed by atoms with van der Waals surface area (Å²) in [5.74, 6) is -2.21. The number of nitrogens with two attached hydrogens (primary N) is 1. The summed E-state index contributed by atoms with van der Waals surface area (Å²) in [6.07, 6.45) is 0. The van der Waals surface area contributed by atoms with E-state index >= 15 is 0 Å². The first-order chi connectivity index (χ1) is 7.28. The van der Waals surface area contributed by atoms with Gasteiger partial charge in [0.1, 0.15) is 0 Å². The van der Waals surface area contributed by atoms with E-state index in [1.165, 1.54) is 18.2 Å². The Kier molecular flexibility index (Phi) is 3.57. The highest BCUT2D eigenvalue weighted by molar-refractivity contribution is 6.44. The molecule has 0 bridgehead atoms. The van der Waals surface area contributed by atoms with Crippen molar-refractivity contribution in [2.24, 2.45) is 5.73 Å². The van der Waals surface area contributed by atoms with Gasteiger partial charge in [0.2, 0.25) is 0 Å². The van der Waals surface area contributed by atoms with Crippen molar-refractivity contribution >= 4 is 35.0 Å². The maximum Gasteiger partial charge on any atom is 0.331 e. The molecule has 0 aliphatic rings. The van der Waals surface area contributed by atoms with Gasteiger partial charge in [0, 0.05) is 5.56 Å². The van der Waals surface area contributed by atoms with Crippen molar-refractivity contribution in [2.75, 3.05) is 0 Å². The second kappa shape index (κ2) is 4.41. The van der Waals surface area contributed by atoms with Crippen LogP contribution in [0.3, 0.4) is 0 Å². The van der Waals surface area contributed by atoms with Crippen molar-refractivity contribution in [2.45, 2.75) is 12.5 Å². The van der Waals surface area contributed by atoms with Crippen molar-refractivity contribution in [1.82, 2.24) is 0 Å². The highest BCUT2D eigenvalue weighted by atomic mass is 35.5. The molecular formula is C10H9Cl2NO3. The summed E-state index contributed by atoms with van der Waals surface area (Å²) >= 11 is 11.5. The van der Waals surface area contributed by atoms with Gasteiger partial charge in [-0.25, -0.2) is 4.79 Å². The van der Waals surface area contributed by atoms with Crippen LogP contribution in [0.15, 0.2) is 18.2 Å². The molecule has 6 heteroatoms. The molecular weight excluding hydrogens is 253 g/mol. The molecule has 0 aromatic heterocycles. The molecule has 0 fully saturated rings. The third kappa shape index (κ3) is 2.19. The van der Waals surface area contributed by atoms with Gasteiger partial charge in [0.25, 0.3) is 0 Å². The van der Waals surface area contributed by atoms with Crippen LogP contribution in [0, 0.1) is 0 Å². The first kappa shape index (κ1) is 13.0. The van der Waals surface area contributed by atoms with E-state index in [0.717, 1.165) is 6.92 Å². The molecule has 86 valence electrons. The second-order valence-electron chi connectivity index (χ2n) is 3.44. The van der Waals surface area contributed by atoms with Crippen molar-refractivity contribution in [1.29, 1.82) is 0 Å². The first-order valence-electron chi connectivity index (χ1n) is 4.29. The Balaban J connectivity index is 3.26. The number of hydrogen-bond acceptors (Lipinski definition) is 3. The summed E-state index contributed by atoms with van der Waals surface area (Å²) in [6, 6.07) is 4.37. The van der Waals surface area contributed by atoms with Crippen LogP contribution >= 0.6 is 23.2 Å². The molecule has 0 heterocycles. The Morgan fingerprint density at radius 3 is 2.44 bits per heavy atom. The number of halogens is 2. The zero-order chi connectivity index (χ0) is 12.5. The average molecular weight is 262 g/mol. The number of aliphatic carboxylic acids is 1. The minimum absolute atomic E-state index is 0.00145. The normalized spacial score (nSPS) is 14.2. The minimum Gasteiger partial charge on any atom is -0.480 e. The number of carboxylic acids is 1. The van der Waals surface area contributed by atoms with E-state index in [4.69, 9.17) is 34.0 Å². The van der Waals surface area contributed by atoms with Gasteiger partial charge in [0.15, 0.2) is 11.3 Å². The Labute approximate surface area is 102 Å². The lowest BCUT2D eigenvalue weighted by Gasteiger charge is -2.18. The molecule has 0 saturated carbocycles. The van der Waals surface area contributed by atoms with Crippen molar-refractivity contribution < 1.29 is 14.7 Å². The number of carbonyl (C=O) groups excluding carboxylic acids is 1. The number of hydrogen-bond donors (Lipinski definition) is 2. The molecule has 0 spiro atoms. The molecule has 1 unspecified atom stereocenters. The SMILES string of the molecule is CC(N)(C(=O)O)C(=O)c1cccc(Cl)c1Cl. The van der Waals surface area contributed by atoms with Crippen LogP contribution in [0.2, 0.25) is 10.0 Å². The predicted octanol–water partition coefficient (Wildman–Crippen LogP) is 1.98. The fourth-order valence-electron chi connectivity index (χ4n) is 1.06. The second-order valence-corrected chi connectivity index (χ2v) is 4.22. The Morgan fingerprint density at radius 2 is 1.94 bits per heavy atom. The van der Waals surface area contributed by atoms with Crippen LogP contribution in [0.4, 0.5) is 0 Å². The lowest BCUT2D eigenvalue weighted by molar-refractivity contribution is -0.140. The molecule has 0 saturated heterocycles. The number of carboxylic acid groups (broad SMARTS) is 1. The Hall–Kier alpha value is -1.10. The fourth-order valence-corrected chi connectivity index (χ4v) is 1.44. The fraction of sp³-hybridized carbons (Fsp3) is 0.200. The van der Waals surface area contributed by atoms with E-state index in [9.17, 15) is 9.59 Å². The molecule has 0 radical (unpaired) electrons. The summed E-state index contributed by atoms with van der Waals surface area (Å²) in [4.78, 5) is 22.6. The summed E-state index contributed by atoms with van der Waals surface area (Å²) in [7, 11) is 0. The summed E-state index contributed by atoms with van der Waals surface area (Å²) < 4.78 is 0. The summed E-state index contributed by atoms with van der Waals surface area (Å²) in [6.45, 7) is 1.11. The van der Waals surface area contributed by atoms with Crippen LogP contribution < -0.4 is 5.73 Å². The molecule has 0 aliphatic heterocycles. The summed E-state index contributed by atoms with van der Waals surface area (Å²) in [5, 5.41) is 8.99. The molecule has 1 aromatic rings. The van der Waals surface area contributed by atoms with Gasteiger partial charge >= 0.3 is 5.97 Å². The number of carbonyl (C=O) groups is 2. The number of Topliss-reactive ketones (excluding diaryl/α,β-unsaturated/α-hetero) is 1. The number of benzene rings is 1. The topological polar surface area (TPSA) is 80.4 Å². The zero-order valence-electron chi connectivity index (χ0n) is 8.33. The van der Waals surface area contributed by atoms with E-state index in [0.29, 0.717) is 0 Å². The zero-order valence-corrected chi connectivity index (χ0v) is 9.84. The van der Waals surface area contributed by atoms with E-state index in [1.54, 1.807) is 0 Å². The van der Waals surface area contributed by atoms with E-state index in [2.05, 4.69) is 0 Å². The third-order valence-corrected chi connectivity index (χ3v) is 2.93. The van der Waals surface area contributed by atoms with Gasteiger partial charge in [-0.2, -0.15) is 0 Å². The monoisotopic (exact) mass is 261 g/mol. The van der Waals surface area contributed by atoms with Crippen LogP contribution in [0.25, 0.3) is 0 Å². The maximum absolute atomic E-state index is 11.8. The van der Waals surface area contributed by atoms with E-state index in [1.807, 2.05) is 0 Å². The molecule has 4 nitrogen and oxygen atoms in total. The van der Waals surface area contributed by atoms with Gasteiger partial charge in [-0.1, -0.05) is 29.3 Å². The molecule has 1 aromatic carbocycles. The Morgan fingerprint density at radius 1 is 1.38 bits per heavy atom. The first-order valence-corrected chi connectivity index (χ1v) is 5.05. The number of ketones is 1. The molecule has 0 aliphatic carbocycles.